The summed E-state index contributed by atoms with van der Waals surface area (Å²) in [4.78, 5) is 0. The summed E-state index contributed by atoms with van der Waals surface area (Å²) in [5.74, 6) is 0. The molecule has 4 nitrogen and oxygen atoms in total. The van der Waals surface area contributed by atoms with Crippen LogP contribution in [0.3, 0.4) is 0 Å². The minimum atomic E-state index is -3.44. The van der Waals surface area contributed by atoms with Crippen LogP contribution in [-0.2, 0) is 10.0 Å². The van der Waals surface area contributed by atoms with Crippen molar-refractivity contribution in [3.05, 3.63) is 15.9 Å². The number of piperidine rings is 1. The quantitative estimate of drug-likeness (QED) is 0.899. The standard InChI is InChI=1S/C9H12BrNO3S2/c10-8-3-5-15-9(8)16(13,14)11-4-1-2-7(12)6-11/h3,5,7,12H,1-2,4,6H2/t7-/m0/s1. The highest BCUT2D eigenvalue weighted by molar-refractivity contribution is 9.10. The Kier molecular flexibility index (Phi) is 3.70. The highest BCUT2D eigenvalue weighted by atomic mass is 79.9. The number of sulfonamides is 1. The number of aliphatic hydroxyl groups excluding tert-OH is 1. The molecule has 1 aliphatic rings. The summed E-state index contributed by atoms with van der Waals surface area (Å²) in [6.07, 6.45) is 0.850. The molecule has 1 aromatic heterocycles. The van der Waals surface area contributed by atoms with E-state index < -0.39 is 16.1 Å². The monoisotopic (exact) mass is 325 g/mol. The van der Waals surface area contributed by atoms with Gasteiger partial charge in [0.25, 0.3) is 10.0 Å². The van der Waals surface area contributed by atoms with Gasteiger partial charge in [0.2, 0.25) is 0 Å². The molecule has 7 heteroatoms. The fourth-order valence-electron chi connectivity index (χ4n) is 1.72. The summed E-state index contributed by atoms with van der Waals surface area (Å²) in [6.45, 7) is 0.691. The van der Waals surface area contributed by atoms with Crippen molar-refractivity contribution in [2.75, 3.05) is 13.1 Å². The van der Waals surface area contributed by atoms with Crippen LogP contribution in [0.15, 0.2) is 20.1 Å². The number of nitrogens with zero attached hydrogens (tertiary/aromatic N) is 1. The number of aliphatic hydroxyl groups is 1. The molecule has 0 unspecified atom stereocenters. The van der Waals surface area contributed by atoms with Crippen molar-refractivity contribution in [1.29, 1.82) is 0 Å². The largest absolute Gasteiger partial charge is 0.392 e. The minimum Gasteiger partial charge on any atom is -0.392 e. The SMILES string of the molecule is O=S(=O)(c1sccc1Br)N1CCC[C@H](O)C1. The Hall–Kier alpha value is 0.0500. The molecule has 0 radical (unpaired) electrons. The third kappa shape index (κ3) is 2.33. The van der Waals surface area contributed by atoms with Crippen molar-refractivity contribution in [3.63, 3.8) is 0 Å². The molecule has 0 spiro atoms. The second kappa shape index (κ2) is 4.73. The normalized spacial score (nSPS) is 23.5. The predicted octanol–water partition coefficient (Wildman–Crippen LogP) is 1.66. The number of hydrogen-bond acceptors (Lipinski definition) is 4. The molecule has 1 saturated heterocycles. The Morgan fingerprint density at radius 1 is 1.56 bits per heavy atom. The van der Waals surface area contributed by atoms with Crippen LogP contribution < -0.4 is 0 Å². The average molecular weight is 326 g/mol. The molecule has 0 saturated carbocycles. The average Bonchev–Trinajstić information content (AvgIpc) is 2.65. The van der Waals surface area contributed by atoms with Gasteiger partial charge in [-0.2, -0.15) is 4.31 Å². The molecule has 1 N–H and O–H groups in total. The van der Waals surface area contributed by atoms with Gasteiger partial charge in [-0.1, -0.05) is 0 Å². The third-order valence-electron chi connectivity index (χ3n) is 2.52. The van der Waals surface area contributed by atoms with E-state index in [1.165, 1.54) is 15.6 Å². The van der Waals surface area contributed by atoms with Gasteiger partial charge in [-0.05, 0) is 40.2 Å². The van der Waals surface area contributed by atoms with Crippen LogP contribution in [0.2, 0.25) is 0 Å². The lowest BCUT2D eigenvalue weighted by Crippen LogP contribution is -2.41. The molecule has 1 atom stereocenters. The third-order valence-corrected chi connectivity index (χ3v) is 7.03. The zero-order chi connectivity index (χ0) is 11.8. The lowest BCUT2D eigenvalue weighted by Gasteiger charge is -2.28. The van der Waals surface area contributed by atoms with E-state index in [0.717, 1.165) is 0 Å². The van der Waals surface area contributed by atoms with Gasteiger partial charge >= 0.3 is 0 Å². The minimum absolute atomic E-state index is 0.201. The first-order chi connectivity index (χ1) is 7.51. The fraction of sp³-hybridized carbons (Fsp3) is 0.556. The summed E-state index contributed by atoms with van der Waals surface area (Å²) in [5, 5.41) is 11.2. The maximum atomic E-state index is 12.2. The van der Waals surface area contributed by atoms with Crippen LogP contribution in [0.5, 0.6) is 0 Å². The van der Waals surface area contributed by atoms with Gasteiger partial charge in [-0.15, -0.1) is 11.3 Å². The van der Waals surface area contributed by atoms with E-state index in [2.05, 4.69) is 15.9 Å². The zero-order valence-electron chi connectivity index (χ0n) is 8.47. The van der Waals surface area contributed by atoms with Gasteiger partial charge in [-0.3, -0.25) is 0 Å². The van der Waals surface area contributed by atoms with Gasteiger partial charge in [0.15, 0.2) is 0 Å². The summed E-state index contributed by atoms with van der Waals surface area (Å²) >= 11 is 4.42. The van der Waals surface area contributed by atoms with E-state index >= 15 is 0 Å². The van der Waals surface area contributed by atoms with E-state index in [0.29, 0.717) is 28.1 Å². The second-order valence-electron chi connectivity index (χ2n) is 3.72. The molecule has 1 aliphatic heterocycles. The summed E-state index contributed by atoms with van der Waals surface area (Å²) in [6, 6.07) is 1.72. The first-order valence-electron chi connectivity index (χ1n) is 4.93. The number of rotatable bonds is 2. The number of halogens is 1. The van der Waals surface area contributed by atoms with Crippen LogP contribution >= 0.6 is 27.3 Å². The Balaban J connectivity index is 2.29. The van der Waals surface area contributed by atoms with E-state index in [9.17, 15) is 13.5 Å². The highest BCUT2D eigenvalue weighted by Gasteiger charge is 2.31. The summed E-state index contributed by atoms with van der Waals surface area (Å²) in [5.41, 5.74) is 0. The lowest BCUT2D eigenvalue weighted by atomic mass is 10.1. The van der Waals surface area contributed by atoms with Crippen LogP contribution in [0.25, 0.3) is 0 Å². The molecule has 0 amide bonds. The predicted molar refractivity (Wildman–Crippen MR) is 66.0 cm³/mol. The number of hydrogen-bond donors (Lipinski definition) is 1. The number of thiophene rings is 1. The lowest BCUT2D eigenvalue weighted by molar-refractivity contribution is 0.108. The Labute approximate surface area is 107 Å². The molecule has 2 rings (SSSR count). The topological polar surface area (TPSA) is 57.6 Å². The molecule has 0 aromatic carbocycles. The van der Waals surface area contributed by atoms with E-state index in [4.69, 9.17) is 0 Å². The van der Waals surface area contributed by atoms with Crippen LogP contribution in [-0.4, -0.2) is 37.0 Å². The molecule has 0 aliphatic carbocycles. The first kappa shape index (κ1) is 12.5. The zero-order valence-corrected chi connectivity index (χ0v) is 11.7. The van der Waals surface area contributed by atoms with Crippen molar-refractivity contribution in [1.82, 2.24) is 4.31 Å². The molecule has 2 heterocycles. The fourth-order valence-corrected chi connectivity index (χ4v) is 5.69. The van der Waals surface area contributed by atoms with Crippen LogP contribution in [0.4, 0.5) is 0 Å². The van der Waals surface area contributed by atoms with Crippen LogP contribution in [0.1, 0.15) is 12.8 Å². The molecule has 90 valence electrons. The van der Waals surface area contributed by atoms with Crippen molar-refractivity contribution in [2.24, 2.45) is 0 Å². The van der Waals surface area contributed by atoms with E-state index in [1.807, 2.05) is 0 Å². The van der Waals surface area contributed by atoms with Crippen molar-refractivity contribution in [3.8, 4) is 0 Å². The molecular formula is C9H12BrNO3S2. The maximum Gasteiger partial charge on any atom is 0.253 e. The molecular weight excluding hydrogens is 314 g/mol. The van der Waals surface area contributed by atoms with Gasteiger partial charge in [0.05, 0.1) is 6.10 Å². The summed E-state index contributed by atoms with van der Waals surface area (Å²) < 4.78 is 26.7. The highest BCUT2D eigenvalue weighted by Crippen LogP contribution is 2.31. The Morgan fingerprint density at radius 3 is 2.88 bits per heavy atom. The maximum absolute atomic E-state index is 12.2. The smallest absolute Gasteiger partial charge is 0.253 e. The van der Waals surface area contributed by atoms with Crippen molar-refractivity contribution >= 4 is 37.3 Å². The number of β-amino-alcohol motifs (C(OH)–C–C–N with tert-alkyl or cyclic N) is 1. The Morgan fingerprint density at radius 2 is 2.31 bits per heavy atom. The van der Waals surface area contributed by atoms with Crippen molar-refractivity contribution in [2.45, 2.75) is 23.2 Å². The summed E-state index contributed by atoms with van der Waals surface area (Å²) in [7, 11) is -3.44. The van der Waals surface area contributed by atoms with Gasteiger partial charge in [0, 0.05) is 17.6 Å². The van der Waals surface area contributed by atoms with Crippen molar-refractivity contribution < 1.29 is 13.5 Å². The van der Waals surface area contributed by atoms with E-state index in [1.54, 1.807) is 11.4 Å². The molecule has 1 fully saturated rings. The van der Waals surface area contributed by atoms with Gasteiger partial charge < -0.3 is 5.11 Å². The van der Waals surface area contributed by atoms with Crippen LogP contribution in [0, 0.1) is 0 Å². The molecule has 1 aromatic rings. The van der Waals surface area contributed by atoms with Gasteiger partial charge in [0.1, 0.15) is 4.21 Å². The Bertz CT molecular complexity index is 471. The van der Waals surface area contributed by atoms with E-state index in [-0.39, 0.29) is 6.54 Å². The second-order valence-corrected chi connectivity index (χ2v) is 7.62. The first-order valence-corrected chi connectivity index (χ1v) is 8.04. The molecule has 16 heavy (non-hydrogen) atoms. The van der Waals surface area contributed by atoms with Gasteiger partial charge in [-0.25, -0.2) is 8.42 Å². The molecule has 0 bridgehead atoms.